The number of fused-ring (bicyclic) bond motifs is 1. The summed E-state index contributed by atoms with van der Waals surface area (Å²) in [5.74, 6) is -0.00962. The fourth-order valence-electron chi connectivity index (χ4n) is 2.68. The maximum atomic E-state index is 12.3. The summed E-state index contributed by atoms with van der Waals surface area (Å²) >= 11 is 0. The van der Waals surface area contributed by atoms with Crippen LogP contribution in [0.5, 0.6) is 0 Å². The maximum Gasteiger partial charge on any atom is 0.228 e. The van der Waals surface area contributed by atoms with E-state index in [1.54, 1.807) is 6.20 Å². The minimum atomic E-state index is -0.00962. The Kier molecular flexibility index (Phi) is 3.92. The first-order chi connectivity index (χ1) is 10.7. The lowest BCUT2D eigenvalue weighted by Gasteiger charge is -2.05. The van der Waals surface area contributed by atoms with Gasteiger partial charge in [0.15, 0.2) is 0 Å². The molecule has 0 unspecified atom stereocenters. The number of hydrogen-bond donors (Lipinski definition) is 1. The van der Waals surface area contributed by atoms with Crippen molar-refractivity contribution in [2.45, 2.75) is 26.8 Å². The second-order valence-corrected chi connectivity index (χ2v) is 5.41. The number of benzene rings is 1. The Bertz CT molecular complexity index is 820. The van der Waals surface area contributed by atoms with E-state index in [4.69, 9.17) is 0 Å². The molecule has 112 valence electrons. The Labute approximate surface area is 129 Å². The van der Waals surface area contributed by atoms with Gasteiger partial charge in [-0.2, -0.15) is 0 Å². The zero-order valence-electron chi connectivity index (χ0n) is 12.8. The van der Waals surface area contributed by atoms with Crippen molar-refractivity contribution in [1.29, 1.82) is 0 Å². The maximum absolute atomic E-state index is 12.3. The standard InChI is InChI=1S/C18H19N3O/c1-3-21-12-14(16-8-5-9-19-18(16)21)11-17(22)20-15-7-4-6-13(2)10-15/h4-10,12H,3,11H2,1-2H3,(H,20,22). The monoisotopic (exact) mass is 293 g/mol. The van der Waals surface area contributed by atoms with E-state index >= 15 is 0 Å². The van der Waals surface area contributed by atoms with Gasteiger partial charge in [-0.05, 0) is 49.2 Å². The van der Waals surface area contributed by atoms with Crippen LogP contribution in [0.4, 0.5) is 5.69 Å². The molecular formula is C18H19N3O. The van der Waals surface area contributed by atoms with Crippen LogP contribution in [0.25, 0.3) is 11.0 Å². The third kappa shape index (κ3) is 2.86. The van der Waals surface area contributed by atoms with Crippen LogP contribution in [0.1, 0.15) is 18.1 Å². The lowest BCUT2D eigenvalue weighted by Crippen LogP contribution is -2.14. The molecule has 4 heteroatoms. The van der Waals surface area contributed by atoms with Gasteiger partial charge < -0.3 is 9.88 Å². The summed E-state index contributed by atoms with van der Waals surface area (Å²) in [6, 6.07) is 11.7. The van der Waals surface area contributed by atoms with Crippen molar-refractivity contribution in [1.82, 2.24) is 9.55 Å². The molecule has 0 aliphatic carbocycles. The molecule has 0 aliphatic heterocycles. The Morgan fingerprint density at radius 2 is 2.14 bits per heavy atom. The van der Waals surface area contributed by atoms with Crippen LogP contribution < -0.4 is 5.32 Å². The molecule has 0 fully saturated rings. The van der Waals surface area contributed by atoms with Crippen molar-refractivity contribution in [3.8, 4) is 0 Å². The van der Waals surface area contributed by atoms with Crippen molar-refractivity contribution in [2.24, 2.45) is 0 Å². The normalized spacial score (nSPS) is 10.8. The molecule has 1 N–H and O–H groups in total. The van der Waals surface area contributed by atoms with Gasteiger partial charge in [-0.1, -0.05) is 12.1 Å². The molecule has 0 atom stereocenters. The number of nitrogens with zero attached hydrogens (tertiary/aromatic N) is 2. The fourth-order valence-corrected chi connectivity index (χ4v) is 2.68. The second kappa shape index (κ2) is 6.02. The van der Waals surface area contributed by atoms with Crippen LogP contribution in [-0.2, 0) is 17.8 Å². The van der Waals surface area contributed by atoms with Gasteiger partial charge in [0.05, 0.1) is 6.42 Å². The number of aryl methyl sites for hydroxylation is 2. The molecule has 4 nitrogen and oxygen atoms in total. The summed E-state index contributed by atoms with van der Waals surface area (Å²) in [5, 5.41) is 4.00. The number of carbonyl (C=O) groups is 1. The van der Waals surface area contributed by atoms with Gasteiger partial charge >= 0.3 is 0 Å². The smallest absolute Gasteiger partial charge is 0.228 e. The van der Waals surface area contributed by atoms with Gasteiger partial charge in [0.25, 0.3) is 0 Å². The molecular weight excluding hydrogens is 274 g/mol. The number of anilines is 1. The van der Waals surface area contributed by atoms with E-state index in [9.17, 15) is 4.79 Å². The summed E-state index contributed by atoms with van der Waals surface area (Å²) in [6.07, 6.45) is 4.15. The quantitative estimate of drug-likeness (QED) is 0.799. The third-order valence-corrected chi connectivity index (χ3v) is 3.71. The number of aromatic nitrogens is 2. The fraction of sp³-hybridized carbons (Fsp3) is 0.222. The largest absolute Gasteiger partial charge is 0.332 e. The van der Waals surface area contributed by atoms with E-state index in [1.165, 1.54) is 0 Å². The Morgan fingerprint density at radius 3 is 2.91 bits per heavy atom. The highest BCUT2D eigenvalue weighted by Crippen LogP contribution is 2.20. The van der Waals surface area contributed by atoms with Crippen molar-refractivity contribution in [3.63, 3.8) is 0 Å². The Balaban J connectivity index is 1.82. The molecule has 0 aliphatic rings. The van der Waals surface area contributed by atoms with Crippen molar-refractivity contribution in [3.05, 3.63) is 59.9 Å². The molecule has 0 radical (unpaired) electrons. The zero-order chi connectivity index (χ0) is 15.5. The SMILES string of the molecule is CCn1cc(CC(=O)Nc2cccc(C)c2)c2cccnc21. The zero-order valence-corrected chi connectivity index (χ0v) is 12.8. The van der Waals surface area contributed by atoms with Crippen LogP contribution in [0.2, 0.25) is 0 Å². The van der Waals surface area contributed by atoms with Crippen LogP contribution in [0.3, 0.4) is 0 Å². The summed E-state index contributed by atoms with van der Waals surface area (Å²) < 4.78 is 2.07. The van der Waals surface area contributed by atoms with Crippen LogP contribution in [0, 0.1) is 6.92 Å². The number of pyridine rings is 1. The van der Waals surface area contributed by atoms with E-state index in [0.29, 0.717) is 6.42 Å². The van der Waals surface area contributed by atoms with E-state index in [0.717, 1.165) is 34.4 Å². The Hall–Kier alpha value is -2.62. The van der Waals surface area contributed by atoms with E-state index < -0.39 is 0 Å². The molecule has 3 rings (SSSR count). The van der Waals surface area contributed by atoms with Gasteiger partial charge in [0.2, 0.25) is 5.91 Å². The average molecular weight is 293 g/mol. The number of carbonyl (C=O) groups excluding carboxylic acids is 1. The first-order valence-corrected chi connectivity index (χ1v) is 7.46. The first kappa shape index (κ1) is 14.3. The summed E-state index contributed by atoms with van der Waals surface area (Å²) in [4.78, 5) is 16.7. The number of hydrogen-bond acceptors (Lipinski definition) is 2. The summed E-state index contributed by atoms with van der Waals surface area (Å²) in [6.45, 7) is 4.92. The predicted octanol–water partition coefficient (Wildman–Crippen LogP) is 3.55. The molecule has 22 heavy (non-hydrogen) atoms. The predicted molar refractivity (Wildman–Crippen MR) is 88.9 cm³/mol. The Morgan fingerprint density at radius 1 is 1.27 bits per heavy atom. The first-order valence-electron chi connectivity index (χ1n) is 7.46. The van der Waals surface area contributed by atoms with Gasteiger partial charge in [-0.25, -0.2) is 4.98 Å². The van der Waals surface area contributed by atoms with Crippen LogP contribution in [-0.4, -0.2) is 15.5 Å². The highest BCUT2D eigenvalue weighted by Gasteiger charge is 2.12. The van der Waals surface area contributed by atoms with Crippen LogP contribution in [0.15, 0.2) is 48.8 Å². The number of nitrogens with one attached hydrogen (secondary N) is 1. The van der Waals surface area contributed by atoms with Crippen molar-refractivity contribution < 1.29 is 4.79 Å². The molecule has 0 saturated carbocycles. The summed E-state index contributed by atoms with van der Waals surface area (Å²) in [7, 11) is 0. The van der Waals surface area contributed by atoms with Gasteiger partial charge in [0, 0.05) is 30.0 Å². The molecule has 2 heterocycles. The minimum Gasteiger partial charge on any atom is -0.332 e. The van der Waals surface area contributed by atoms with Crippen molar-refractivity contribution in [2.75, 3.05) is 5.32 Å². The molecule has 3 aromatic rings. The van der Waals surface area contributed by atoms with Gasteiger partial charge in [-0.15, -0.1) is 0 Å². The number of amides is 1. The average Bonchev–Trinajstić information content (AvgIpc) is 2.85. The molecule has 0 bridgehead atoms. The molecule has 2 aromatic heterocycles. The minimum absolute atomic E-state index is 0.00962. The van der Waals surface area contributed by atoms with E-state index in [1.807, 2.05) is 49.5 Å². The molecule has 1 amide bonds. The highest BCUT2D eigenvalue weighted by molar-refractivity contribution is 5.95. The lowest BCUT2D eigenvalue weighted by atomic mass is 10.1. The van der Waals surface area contributed by atoms with Crippen molar-refractivity contribution >= 4 is 22.6 Å². The number of rotatable bonds is 4. The highest BCUT2D eigenvalue weighted by atomic mass is 16.1. The lowest BCUT2D eigenvalue weighted by molar-refractivity contribution is -0.115. The topological polar surface area (TPSA) is 46.9 Å². The van der Waals surface area contributed by atoms with Crippen LogP contribution >= 0.6 is 0 Å². The molecule has 1 aromatic carbocycles. The van der Waals surface area contributed by atoms with Gasteiger partial charge in [0.1, 0.15) is 5.65 Å². The summed E-state index contributed by atoms with van der Waals surface area (Å²) in [5.41, 5.74) is 3.91. The molecule has 0 saturated heterocycles. The van der Waals surface area contributed by atoms with E-state index in [-0.39, 0.29) is 5.91 Å². The van der Waals surface area contributed by atoms with E-state index in [2.05, 4.69) is 21.8 Å². The molecule has 0 spiro atoms. The second-order valence-electron chi connectivity index (χ2n) is 5.41. The van der Waals surface area contributed by atoms with Gasteiger partial charge in [-0.3, -0.25) is 4.79 Å². The third-order valence-electron chi connectivity index (χ3n) is 3.71.